The largest absolute Gasteiger partial charge is 0.476 e. The predicted molar refractivity (Wildman–Crippen MR) is 112 cm³/mol. The molecule has 28 heavy (non-hydrogen) atoms. The molecule has 0 unspecified atom stereocenters. The molecule has 0 bridgehead atoms. The Morgan fingerprint density at radius 1 is 1.11 bits per heavy atom. The van der Waals surface area contributed by atoms with Crippen LogP contribution in [0.3, 0.4) is 0 Å². The molecule has 2 amide bonds. The summed E-state index contributed by atoms with van der Waals surface area (Å²) in [6.07, 6.45) is 5.97. The van der Waals surface area contributed by atoms with Crippen molar-refractivity contribution < 1.29 is 14.3 Å². The van der Waals surface area contributed by atoms with Crippen LogP contribution in [0.4, 0.5) is 5.69 Å². The van der Waals surface area contributed by atoms with Gasteiger partial charge in [-0.15, -0.1) is 11.3 Å². The maximum absolute atomic E-state index is 13.0. The van der Waals surface area contributed by atoms with Gasteiger partial charge in [-0.3, -0.25) is 9.59 Å². The number of hydrogen-bond acceptors (Lipinski definition) is 4. The minimum absolute atomic E-state index is 0.0233. The number of ether oxygens (including phenoxy) is 1. The van der Waals surface area contributed by atoms with Crippen LogP contribution in [0.2, 0.25) is 0 Å². The smallest absolute Gasteiger partial charge is 0.265 e. The third-order valence-electron chi connectivity index (χ3n) is 5.13. The molecular weight excluding hydrogens is 372 g/mol. The molecule has 3 heterocycles. The number of para-hydroxylation sites is 2. The summed E-state index contributed by atoms with van der Waals surface area (Å²) in [5, 5.41) is 0. The maximum atomic E-state index is 13.0. The molecule has 0 aliphatic carbocycles. The van der Waals surface area contributed by atoms with Crippen LogP contribution in [0.15, 0.2) is 42.5 Å². The Hall–Kier alpha value is -2.60. The quantitative estimate of drug-likeness (QED) is 0.740. The number of anilines is 1. The average Bonchev–Trinajstić information content (AvgIpc) is 3.16. The van der Waals surface area contributed by atoms with Crippen LogP contribution in [-0.2, 0) is 9.59 Å². The van der Waals surface area contributed by atoms with Crippen molar-refractivity contribution in [3.8, 4) is 5.75 Å². The summed E-state index contributed by atoms with van der Waals surface area (Å²) in [7, 11) is 0. The van der Waals surface area contributed by atoms with Gasteiger partial charge in [-0.2, -0.15) is 0 Å². The molecular formula is C22H24N2O3S. The Kier molecular flexibility index (Phi) is 5.48. The highest BCUT2D eigenvalue weighted by Crippen LogP contribution is 2.34. The second-order valence-electron chi connectivity index (χ2n) is 7.19. The first-order valence-corrected chi connectivity index (χ1v) is 10.5. The summed E-state index contributed by atoms with van der Waals surface area (Å²) in [6, 6.07) is 11.4. The fourth-order valence-corrected chi connectivity index (χ4v) is 4.46. The Balaban J connectivity index is 1.55. The molecule has 1 aromatic heterocycles. The molecule has 0 radical (unpaired) electrons. The molecule has 1 aromatic carbocycles. The topological polar surface area (TPSA) is 49.9 Å². The number of thiophene rings is 1. The third kappa shape index (κ3) is 3.97. The number of nitrogens with zero attached hydrogens (tertiary/aromatic N) is 2. The fourth-order valence-electron chi connectivity index (χ4n) is 3.68. The predicted octanol–water partition coefficient (Wildman–Crippen LogP) is 3.88. The van der Waals surface area contributed by atoms with Gasteiger partial charge < -0.3 is 14.5 Å². The molecule has 1 saturated heterocycles. The molecule has 1 fully saturated rings. The first-order chi connectivity index (χ1) is 13.6. The molecule has 0 spiro atoms. The van der Waals surface area contributed by atoms with Gasteiger partial charge in [0.05, 0.1) is 12.2 Å². The highest BCUT2D eigenvalue weighted by molar-refractivity contribution is 7.12. The van der Waals surface area contributed by atoms with Crippen molar-refractivity contribution in [3.63, 3.8) is 0 Å². The lowest BCUT2D eigenvalue weighted by molar-refractivity contribution is -0.139. The molecule has 2 aliphatic heterocycles. The van der Waals surface area contributed by atoms with E-state index < -0.39 is 6.10 Å². The zero-order valence-electron chi connectivity index (χ0n) is 16.0. The number of hydrogen-bond donors (Lipinski definition) is 0. The number of aryl methyl sites for hydroxylation is 1. The molecule has 2 aromatic rings. The van der Waals surface area contributed by atoms with E-state index in [9.17, 15) is 9.59 Å². The SMILES string of the molecule is Cc1ccc(/C=C/C(=O)N2C[C@@H](C(=O)N3CCCCC3)Oc3ccccc32)s1. The number of carbonyl (C=O) groups excluding carboxylic acids is 2. The molecule has 146 valence electrons. The number of rotatable bonds is 3. The lowest BCUT2D eigenvalue weighted by Crippen LogP contribution is -2.52. The van der Waals surface area contributed by atoms with E-state index in [1.165, 1.54) is 4.88 Å². The molecule has 0 N–H and O–H groups in total. The summed E-state index contributed by atoms with van der Waals surface area (Å²) in [5.41, 5.74) is 0.710. The van der Waals surface area contributed by atoms with Crippen molar-refractivity contribution in [2.24, 2.45) is 0 Å². The summed E-state index contributed by atoms with van der Waals surface area (Å²) < 4.78 is 5.99. The van der Waals surface area contributed by atoms with Crippen LogP contribution in [0.5, 0.6) is 5.75 Å². The van der Waals surface area contributed by atoms with Crippen LogP contribution >= 0.6 is 11.3 Å². The van der Waals surface area contributed by atoms with Gasteiger partial charge in [0.25, 0.3) is 11.8 Å². The zero-order valence-corrected chi connectivity index (χ0v) is 16.8. The van der Waals surface area contributed by atoms with Crippen molar-refractivity contribution in [1.82, 2.24) is 4.90 Å². The Labute approximate surface area is 169 Å². The molecule has 4 rings (SSSR count). The van der Waals surface area contributed by atoms with Crippen LogP contribution in [0.1, 0.15) is 29.0 Å². The minimum atomic E-state index is -0.658. The first kappa shape index (κ1) is 18.7. The van der Waals surface area contributed by atoms with Crippen molar-refractivity contribution in [1.29, 1.82) is 0 Å². The van der Waals surface area contributed by atoms with E-state index in [0.29, 0.717) is 11.4 Å². The van der Waals surface area contributed by atoms with Gasteiger partial charge in [-0.05, 0) is 56.5 Å². The number of fused-ring (bicyclic) bond motifs is 1. The van der Waals surface area contributed by atoms with E-state index in [1.807, 2.05) is 54.3 Å². The first-order valence-electron chi connectivity index (χ1n) is 9.72. The normalized spacial score (nSPS) is 19.4. The second-order valence-corrected chi connectivity index (χ2v) is 8.51. The van der Waals surface area contributed by atoms with E-state index in [1.54, 1.807) is 22.3 Å². The number of piperidine rings is 1. The van der Waals surface area contributed by atoms with Crippen LogP contribution in [0.25, 0.3) is 6.08 Å². The molecule has 0 saturated carbocycles. The van der Waals surface area contributed by atoms with Gasteiger partial charge in [0.2, 0.25) is 0 Å². The van der Waals surface area contributed by atoms with Crippen molar-refractivity contribution in [3.05, 3.63) is 52.2 Å². The second kappa shape index (κ2) is 8.19. The Morgan fingerprint density at radius 3 is 2.64 bits per heavy atom. The van der Waals surface area contributed by atoms with E-state index in [0.717, 1.165) is 37.2 Å². The Morgan fingerprint density at radius 2 is 1.89 bits per heavy atom. The van der Waals surface area contributed by atoms with E-state index in [-0.39, 0.29) is 18.4 Å². The number of likely N-dealkylation sites (tertiary alicyclic amines) is 1. The lowest BCUT2D eigenvalue weighted by atomic mass is 10.1. The Bertz CT molecular complexity index is 899. The van der Waals surface area contributed by atoms with Crippen LogP contribution in [-0.4, -0.2) is 42.5 Å². The van der Waals surface area contributed by atoms with E-state index in [4.69, 9.17) is 4.74 Å². The molecule has 5 nitrogen and oxygen atoms in total. The van der Waals surface area contributed by atoms with Gasteiger partial charge in [0, 0.05) is 28.9 Å². The van der Waals surface area contributed by atoms with Crippen molar-refractivity contribution in [2.45, 2.75) is 32.3 Å². The number of carbonyl (C=O) groups is 2. The van der Waals surface area contributed by atoms with Gasteiger partial charge in [-0.1, -0.05) is 12.1 Å². The average molecular weight is 397 g/mol. The van der Waals surface area contributed by atoms with Gasteiger partial charge in [0.15, 0.2) is 6.10 Å². The summed E-state index contributed by atoms with van der Waals surface area (Å²) in [5.74, 6) is 0.418. The molecule has 1 atom stereocenters. The van der Waals surface area contributed by atoms with Crippen molar-refractivity contribution in [2.75, 3.05) is 24.5 Å². The van der Waals surface area contributed by atoms with E-state index >= 15 is 0 Å². The molecule has 6 heteroatoms. The van der Waals surface area contributed by atoms with Crippen LogP contribution in [0, 0.1) is 6.92 Å². The highest BCUT2D eigenvalue weighted by atomic mass is 32.1. The lowest BCUT2D eigenvalue weighted by Gasteiger charge is -2.37. The van der Waals surface area contributed by atoms with Gasteiger partial charge in [0.1, 0.15) is 5.75 Å². The fraction of sp³-hybridized carbons (Fsp3) is 0.364. The maximum Gasteiger partial charge on any atom is 0.265 e. The third-order valence-corrected chi connectivity index (χ3v) is 6.10. The van der Waals surface area contributed by atoms with Crippen molar-refractivity contribution >= 4 is 34.9 Å². The minimum Gasteiger partial charge on any atom is -0.476 e. The standard InChI is InChI=1S/C22H24N2O3S/c1-16-9-10-17(28-16)11-12-21(25)24-15-20(22(26)23-13-5-2-6-14-23)27-19-8-4-3-7-18(19)24/h3-4,7-12,20H,2,5-6,13-15H2,1H3/b12-11+/t20-/m0/s1. The summed E-state index contributed by atoms with van der Waals surface area (Å²) in [4.78, 5) is 31.7. The number of amides is 2. The van der Waals surface area contributed by atoms with E-state index in [2.05, 4.69) is 0 Å². The summed E-state index contributed by atoms with van der Waals surface area (Å²) in [6.45, 7) is 3.82. The number of benzene rings is 1. The van der Waals surface area contributed by atoms with Gasteiger partial charge >= 0.3 is 0 Å². The molecule has 2 aliphatic rings. The van der Waals surface area contributed by atoms with Gasteiger partial charge in [-0.25, -0.2) is 0 Å². The highest BCUT2D eigenvalue weighted by Gasteiger charge is 2.35. The summed E-state index contributed by atoms with van der Waals surface area (Å²) >= 11 is 1.64. The monoisotopic (exact) mass is 396 g/mol. The van der Waals surface area contributed by atoms with Crippen LogP contribution < -0.4 is 9.64 Å². The zero-order chi connectivity index (χ0) is 19.5.